The Hall–Kier alpha value is -2.29. The molecule has 2 rings (SSSR count). The molecule has 0 bridgehead atoms. The topological polar surface area (TPSA) is 33.6 Å². The highest BCUT2D eigenvalue weighted by Gasteiger charge is 2.17. The van der Waals surface area contributed by atoms with Gasteiger partial charge in [-0.05, 0) is 29.7 Å². The molecule has 0 fully saturated rings. The third-order valence-corrected chi connectivity index (χ3v) is 3.82. The molecule has 2 aromatic rings. The summed E-state index contributed by atoms with van der Waals surface area (Å²) in [7, 11) is 1.68. The van der Waals surface area contributed by atoms with Crippen molar-refractivity contribution in [1.29, 1.82) is 0 Å². The first-order valence-corrected chi connectivity index (χ1v) is 8.02. The van der Waals surface area contributed by atoms with E-state index in [0.717, 1.165) is 29.1 Å². The average Bonchev–Trinajstić information content (AvgIpc) is 2.55. The summed E-state index contributed by atoms with van der Waals surface area (Å²) in [5, 5.41) is 4.61. The van der Waals surface area contributed by atoms with Gasteiger partial charge in [-0.25, -0.2) is 0 Å². The number of hydrogen-bond acceptors (Lipinski definition) is 3. The van der Waals surface area contributed by atoms with E-state index in [-0.39, 0.29) is 5.41 Å². The zero-order chi connectivity index (χ0) is 16.9. The first kappa shape index (κ1) is 17.1. The Morgan fingerprint density at radius 1 is 1.04 bits per heavy atom. The van der Waals surface area contributed by atoms with Gasteiger partial charge in [0.25, 0.3) is 0 Å². The lowest BCUT2D eigenvalue weighted by Crippen LogP contribution is -2.20. The molecule has 0 aliphatic rings. The fourth-order valence-corrected chi connectivity index (χ4v) is 2.51. The largest absolute Gasteiger partial charge is 0.495 e. The van der Waals surface area contributed by atoms with Crippen LogP contribution in [-0.2, 0) is 0 Å². The third-order valence-electron chi connectivity index (χ3n) is 3.82. The van der Waals surface area contributed by atoms with Crippen LogP contribution in [0.25, 0.3) is 11.1 Å². The van der Waals surface area contributed by atoms with Gasteiger partial charge in [-0.1, -0.05) is 64.1 Å². The lowest BCUT2D eigenvalue weighted by atomic mass is 9.88. The highest BCUT2D eigenvalue weighted by atomic mass is 16.5. The molecule has 0 radical (unpaired) electrons. The van der Waals surface area contributed by atoms with Crippen molar-refractivity contribution in [2.75, 3.05) is 12.5 Å². The van der Waals surface area contributed by atoms with Crippen LogP contribution in [0.2, 0.25) is 0 Å². The van der Waals surface area contributed by atoms with Crippen LogP contribution in [-0.4, -0.2) is 12.8 Å². The molecule has 0 saturated heterocycles. The molecule has 0 heterocycles. The predicted molar refractivity (Wildman–Crippen MR) is 99.2 cm³/mol. The van der Waals surface area contributed by atoms with Gasteiger partial charge in [0.1, 0.15) is 5.75 Å². The first-order chi connectivity index (χ1) is 11.0. The van der Waals surface area contributed by atoms with Crippen LogP contribution in [0.4, 0.5) is 5.69 Å². The van der Waals surface area contributed by atoms with Crippen molar-refractivity contribution in [2.45, 2.75) is 34.1 Å². The zero-order valence-electron chi connectivity index (χ0n) is 14.7. The van der Waals surface area contributed by atoms with E-state index in [1.54, 1.807) is 7.11 Å². The van der Waals surface area contributed by atoms with Crippen molar-refractivity contribution < 1.29 is 4.74 Å². The van der Waals surface area contributed by atoms with Crippen LogP contribution in [0, 0.1) is 5.41 Å². The van der Waals surface area contributed by atoms with Crippen molar-refractivity contribution >= 4 is 11.4 Å². The summed E-state index contributed by atoms with van der Waals surface area (Å²) in [5.74, 6) is 0.790. The summed E-state index contributed by atoms with van der Waals surface area (Å²) in [5.41, 5.74) is 7.56. The van der Waals surface area contributed by atoms with Crippen molar-refractivity contribution in [3.63, 3.8) is 0 Å². The van der Waals surface area contributed by atoms with Crippen LogP contribution < -0.4 is 10.2 Å². The molecule has 2 aromatic carbocycles. The Kier molecular flexibility index (Phi) is 5.43. The first-order valence-electron chi connectivity index (χ1n) is 8.02. The SMILES string of the molecule is CCC(=NNc1cc(-c2ccccc2)ccc1OC)C(C)(C)C. The molecule has 3 nitrogen and oxygen atoms in total. The maximum Gasteiger partial charge on any atom is 0.143 e. The molecule has 122 valence electrons. The monoisotopic (exact) mass is 310 g/mol. The quantitative estimate of drug-likeness (QED) is 0.577. The number of hydrogen-bond donors (Lipinski definition) is 1. The van der Waals surface area contributed by atoms with Gasteiger partial charge in [-0.3, -0.25) is 5.43 Å². The van der Waals surface area contributed by atoms with E-state index in [1.165, 1.54) is 5.56 Å². The molecule has 1 N–H and O–H groups in total. The minimum Gasteiger partial charge on any atom is -0.495 e. The van der Waals surface area contributed by atoms with Gasteiger partial charge < -0.3 is 4.74 Å². The second-order valence-electron chi connectivity index (χ2n) is 6.55. The minimum absolute atomic E-state index is 0.0476. The number of anilines is 1. The molecular formula is C20H26N2O. The standard InChI is InChI=1S/C20H26N2O/c1-6-19(20(2,3)4)22-21-17-14-16(12-13-18(17)23-5)15-10-8-7-9-11-15/h7-14,21H,6H2,1-5H3. The lowest BCUT2D eigenvalue weighted by molar-refractivity contribution is 0.416. The number of methoxy groups -OCH3 is 1. The highest BCUT2D eigenvalue weighted by molar-refractivity contribution is 5.89. The number of nitrogens with one attached hydrogen (secondary N) is 1. The van der Waals surface area contributed by atoms with E-state index in [9.17, 15) is 0 Å². The van der Waals surface area contributed by atoms with Gasteiger partial charge >= 0.3 is 0 Å². The second-order valence-corrected chi connectivity index (χ2v) is 6.55. The zero-order valence-corrected chi connectivity index (χ0v) is 14.7. The van der Waals surface area contributed by atoms with Crippen LogP contribution >= 0.6 is 0 Å². The van der Waals surface area contributed by atoms with E-state index >= 15 is 0 Å². The molecule has 23 heavy (non-hydrogen) atoms. The molecular weight excluding hydrogens is 284 g/mol. The molecule has 0 aliphatic heterocycles. The summed E-state index contributed by atoms with van der Waals surface area (Å²) in [6.07, 6.45) is 0.914. The Balaban J connectivity index is 2.35. The van der Waals surface area contributed by atoms with E-state index < -0.39 is 0 Å². The Bertz CT molecular complexity index is 670. The van der Waals surface area contributed by atoms with Gasteiger partial charge in [-0.15, -0.1) is 0 Å². The maximum atomic E-state index is 5.46. The summed E-state index contributed by atoms with van der Waals surface area (Å²) >= 11 is 0. The molecule has 0 aliphatic carbocycles. The fourth-order valence-electron chi connectivity index (χ4n) is 2.51. The van der Waals surface area contributed by atoms with Gasteiger partial charge in [0.15, 0.2) is 0 Å². The molecule has 0 atom stereocenters. The van der Waals surface area contributed by atoms with E-state index in [0.29, 0.717) is 0 Å². The molecule has 0 unspecified atom stereocenters. The summed E-state index contributed by atoms with van der Waals surface area (Å²) in [4.78, 5) is 0. The van der Waals surface area contributed by atoms with Crippen molar-refractivity contribution in [1.82, 2.24) is 0 Å². The van der Waals surface area contributed by atoms with Crippen LogP contribution in [0.15, 0.2) is 53.6 Å². The smallest absolute Gasteiger partial charge is 0.143 e. The number of ether oxygens (including phenoxy) is 1. The van der Waals surface area contributed by atoms with E-state index in [1.807, 2.05) is 24.3 Å². The van der Waals surface area contributed by atoms with Crippen LogP contribution in [0.1, 0.15) is 34.1 Å². The van der Waals surface area contributed by atoms with Crippen LogP contribution in [0.5, 0.6) is 5.75 Å². The molecule has 3 heteroatoms. The molecule has 0 spiro atoms. The molecule has 0 saturated carbocycles. The predicted octanol–water partition coefficient (Wildman–Crippen LogP) is 5.59. The lowest BCUT2D eigenvalue weighted by Gasteiger charge is -2.20. The number of rotatable bonds is 5. The van der Waals surface area contributed by atoms with Crippen molar-refractivity contribution in [3.05, 3.63) is 48.5 Å². The highest BCUT2D eigenvalue weighted by Crippen LogP contribution is 2.31. The summed E-state index contributed by atoms with van der Waals surface area (Å²) < 4.78 is 5.46. The second kappa shape index (κ2) is 7.32. The van der Waals surface area contributed by atoms with Gasteiger partial charge in [0.05, 0.1) is 12.8 Å². The Morgan fingerprint density at radius 2 is 1.74 bits per heavy atom. The summed E-state index contributed by atoms with van der Waals surface area (Å²) in [6.45, 7) is 8.65. The third kappa shape index (κ3) is 4.35. The van der Waals surface area contributed by atoms with E-state index in [2.05, 4.69) is 62.5 Å². The van der Waals surface area contributed by atoms with Crippen LogP contribution in [0.3, 0.4) is 0 Å². The summed E-state index contributed by atoms with van der Waals surface area (Å²) in [6, 6.07) is 16.4. The van der Waals surface area contributed by atoms with Crippen molar-refractivity contribution in [3.8, 4) is 16.9 Å². The number of benzene rings is 2. The number of nitrogens with zero attached hydrogens (tertiary/aromatic N) is 1. The van der Waals surface area contributed by atoms with Gasteiger partial charge in [0.2, 0.25) is 0 Å². The number of hydrazone groups is 1. The maximum absolute atomic E-state index is 5.46. The Morgan fingerprint density at radius 3 is 2.30 bits per heavy atom. The van der Waals surface area contributed by atoms with E-state index in [4.69, 9.17) is 4.74 Å². The average molecular weight is 310 g/mol. The molecule has 0 amide bonds. The Labute approximate surface area is 139 Å². The van der Waals surface area contributed by atoms with Gasteiger partial charge in [-0.2, -0.15) is 5.10 Å². The minimum atomic E-state index is 0.0476. The molecule has 0 aromatic heterocycles. The fraction of sp³-hybridized carbons (Fsp3) is 0.350. The van der Waals surface area contributed by atoms with Crippen molar-refractivity contribution in [2.24, 2.45) is 10.5 Å². The normalized spacial score (nSPS) is 12.1. The van der Waals surface area contributed by atoms with Gasteiger partial charge in [0, 0.05) is 11.1 Å².